The fourth-order valence-corrected chi connectivity index (χ4v) is 2.06. The molecule has 90 valence electrons. The maximum atomic E-state index is 11.7. The Bertz CT molecular complexity index is 344. The molecule has 0 aromatic carbocycles. The number of hydrogen-bond acceptors (Lipinski definition) is 5. The average molecular weight is 228 g/mol. The zero-order chi connectivity index (χ0) is 11.9. The first-order valence-electron chi connectivity index (χ1n) is 5.39. The number of carbonyl (C=O) groups is 1. The third kappa shape index (κ3) is 1.81. The van der Waals surface area contributed by atoms with Gasteiger partial charge in [0.2, 0.25) is 11.5 Å². The Morgan fingerprint density at radius 2 is 2.19 bits per heavy atom. The molecule has 5 heteroatoms. The molecule has 2 rings (SSSR count). The highest BCUT2D eigenvalue weighted by atomic mass is 16.8. The van der Waals surface area contributed by atoms with Gasteiger partial charge < -0.3 is 19.3 Å². The molecule has 1 saturated heterocycles. The summed E-state index contributed by atoms with van der Waals surface area (Å²) in [5.74, 6) is -1.13. The van der Waals surface area contributed by atoms with Crippen molar-refractivity contribution in [3.63, 3.8) is 0 Å². The molecule has 0 aromatic heterocycles. The monoisotopic (exact) mass is 228 g/mol. The molecule has 1 aliphatic carbocycles. The Kier molecular flexibility index (Phi) is 2.67. The predicted octanol–water partition coefficient (Wildman–Crippen LogP) is 1.29. The minimum Gasteiger partial charge on any atom is -0.506 e. The van der Waals surface area contributed by atoms with Gasteiger partial charge in [0.1, 0.15) is 12.2 Å². The number of ketones is 1. The van der Waals surface area contributed by atoms with Crippen molar-refractivity contribution < 1.29 is 24.1 Å². The Balaban J connectivity index is 2.28. The van der Waals surface area contributed by atoms with E-state index >= 15 is 0 Å². The van der Waals surface area contributed by atoms with Crippen LogP contribution in [-0.4, -0.2) is 35.5 Å². The summed E-state index contributed by atoms with van der Waals surface area (Å²) in [6.45, 7) is 5.61. The predicted molar refractivity (Wildman–Crippen MR) is 54.7 cm³/mol. The first kappa shape index (κ1) is 11.4. The second kappa shape index (κ2) is 3.75. The van der Waals surface area contributed by atoms with Crippen LogP contribution < -0.4 is 0 Å². The normalized spacial score (nSPS) is 32.8. The summed E-state index contributed by atoms with van der Waals surface area (Å²) in [6.07, 6.45) is -0.811. The van der Waals surface area contributed by atoms with Crippen molar-refractivity contribution >= 4 is 5.78 Å². The molecule has 0 radical (unpaired) electrons. The van der Waals surface area contributed by atoms with E-state index in [0.717, 1.165) is 0 Å². The highest BCUT2D eigenvalue weighted by Crippen LogP contribution is 2.37. The minimum atomic E-state index is -0.773. The molecule has 0 aromatic rings. The lowest BCUT2D eigenvalue weighted by molar-refractivity contribution is -0.146. The topological polar surface area (TPSA) is 65.0 Å². The lowest BCUT2D eigenvalue weighted by Gasteiger charge is -2.23. The van der Waals surface area contributed by atoms with Crippen LogP contribution in [0, 0.1) is 0 Å². The molecule has 1 aliphatic heterocycles. The van der Waals surface area contributed by atoms with E-state index in [1.807, 2.05) is 0 Å². The smallest absolute Gasteiger partial charge is 0.203 e. The molecular formula is C11H16O5. The van der Waals surface area contributed by atoms with Gasteiger partial charge in [-0.1, -0.05) is 0 Å². The lowest BCUT2D eigenvalue weighted by atomic mass is 9.97. The zero-order valence-electron chi connectivity index (χ0n) is 9.65. The zero-order valence-corrected chi connectivity index (χ0v) is 9.65. The van der Waals surface area contributed by atoms with Crippen molar-refractivity contribution in [3.05, 3.63) is 11.5 Å². The molecule has 0 amide bonds. The van der Waals surface area contributed by atoms with Gasteiger partial charge in [-0.3, -0.25) is 4.79 Å². The Morgan fingerprint density at radius 3 is 2.81 bits per heavy atom. The molecule has 0 bridgehead atoms. The Morgan fingerprint density at radius 1 is 1.50 bits per heavy atom. The highest BCUT2D eigenvalue weighted by Gasteiger charge is 2.49. The first-order chi connectivity index (χ1) is 7.44. The van der Waals surface area contributed by atoms with Gasteiger partial charge >= 0.3 is 0 Å². The van der Waals surface area contributed by atoms with E-state index in [1.54, 1.807) is 20.8 Å². The van der Waals surface area contributed by atoms with Crippen LogP contribution >= 0.6 is 0 Å². The summed E-state index contributed by atoms with van der Waals surface area (Å²) >= 11 is 0. The van der Waals surface area contributed by atoms with Crippen molar-refractivity contribution in [1.82, 2.24) is 0 Å². The number of hydrogen-bond donors (Lipinski definition) is 1. The molecule has 0 saturated carbocycles. The fourth-order valence-electron chi connectivity index (χ4n) is 2.06. The van der Waals surface area contributed by atoms with E-state index in [1.165, 1.54) is 0 Å². The molecule has 1 N–H and O–H groups in total. The molecule has 0 unspecified atom stereocenters. The molecule has 5 nitrogen and oxygen atoms in total. The summed E-state index contributed by atoms with van der Waals surface area (Å²) in [5.41, 5.74) is 0. The number of ether oxygens (including phenoxy) is 3. The Hall–Kier alpha value is -1.07. The molecule has 16 heavy (non-hydrogen) atoms. The van der Waals surface area contributed by atoms with Gasteiger partial charge in [0.15, 0.2) is 11.5 Å². The number of aliphatic hydroxyl groups is 1. The summed E-state index contributed by atoms with van der Waals surface area (Å²) < 4.78 is 16.2. The van der Waals surface area contributed by atoms with Crippen LogP contribution in [0.2, 0.25) is 0 Å². The van der Waals surface area contributed by atoms with Crippen molar-refractivity contribution in [2.24, 2.45) is 0 Å². The van der Waals surface area contributed by atoms with Gasteiger partial charge in [-0.25, -0.2) is 0 Å². The third-order valence-corrected chi connectivity index (χ3v) is 2.61. The molecule has 1 fully saturated rings. The summed E-state index contributed by atoms with van der Waals surface area (Å²) in [7, 11) is 0. The Labute approximate surface area is 94.0 Å². The summed E-state index contributed by atoms with van der Waals surface area (Å²) in [4.78, 5) is 11.7. The maximum Gasteiger partial charge on any atom is 0.203 e. The summed E-state index contributed by atoms with van der Waals surface area (Å²) in [6, 6.07) is 0. The van der Waals surface area contributed by atoms with E-state index in [9.17, 15) is 9.90 Å². The quantitative estimate of drug-likeness (QED) is 0.771. The van der Waals surface area contributed by atoms with Crippen molar-refractivity contribution in [3.8, 4) is 0 Å². The molecular weight excluding hydrogens is 212 g/mol. The van der Waals surface area contributed by atoms with Gasteiger partial charge in [-0.2, -0.15) is 0 Å². The van der Waals surface area contributed by atoms with Crippen molar-refractivity contribution in [1.29, 1.82) is 0 Å². The number of rotatable bonds is 2. The van der Waals surface area contributed by atoms with Gasteiger partial charge in [0, 0.05) is 6.42 Å². The summed E-state index contributed by atoms with van der Waals surface area (Å²) in [5, 5.41) is 9.90. The second-order valence-corrected chi connectivity index (χ2v) is 4.37. The maximum absolute atomic E-state index is 11.7. The molecule has 1 heterocycles. The third-order valence-electron chi connectivity index (χ3n) is 2.61. The van der Waals surface area contributed by atoms with Gasteiger partial charge in [0.05, 0.1) is 6.61 Å². The number of Topliss-reactive ketones (excluding diaryl/α,β-unsaturated/α-hetero) is 1. The fraction of sp³-hybridized carbons (Fsp3) is 0.727. The van der Waals surface area contributed by atoms with E-state index in [2.05, 4.69) is 0 Å². The SMILES string of the molecule is CCOC1=C(O)[C@H]2OC(C)(C)O[C@H]2CC1=O. The van der Waals surface area contributed by atoms with Gasteiger partial charge in [0.25, 0.3) is 0 Å². The van der Waals surface area contributed by atoms with Crippen LogP contribution in [-0.2, 0) is 19.0 Å². The van der Waals surface area contributed by atoms with Crippen LogP contribution in [0.4, 0.5) is 0 Å². The molecule has 2 atom stereocenters. The van der Waals surface area contributed by atoms with Crippen molar-refractivity contribution in [2.45, 2.75) is 45.2 Å². The number of aliphatic hydroxyl groups excluding tert-OH is 1. The number of allylic oxidation sites excluding steroid dienone is 1. The standard InChI is InChI=1S/C11H16O5/c1-4-14-9-6(12)5-7-10(8(9)13)16-11(2,3)15-7/h7,10,13H,4-5H2,1-3H3/t7-,10-/m0/s1. The van der Waals surface area contributed by atoms with Crippen LogP contribution in [0.3, 0.4) is 0 Å². The van der Waals surface area contributed by atoms with E-state index in [4.69, 9.17) is 14.2 Å². The average Bonchev–Trinajstić information content (AvgIpc) is 2.48. The van der Waals surface area contributed by atoms with E-state index in [-0.39, 0.29) is 23.7 Å². The van der Waals surface area contributed by atoms with Crippen LogP contribution in [0.25, 0.3) is 0 Å². The second-order valence-electron chi connectivity index (χ2n) is 4.37. The van der Waals surface area contributed by atoms with E-state index in [0.29, 0.717) is 6.61 Å². The molecule has 2 aliphatic rings. The lowest BCUT2D eigenvalue weighted by Crippen LogP contribution is -2.35. The highest BCUT2D eigenvalue weighted by molar-refractivity contribution is 5.95. The first-order valence-corrected chi connectivity index (χ1v) is 5.39. The number of carbonyl (C=O) groups excluding carboxylic acids is 1. The van der Waals surface area contributed by atoms with Crippen LogP contribution in [0.15, 0.2) is 11.5 Å². The molecule has 0 spiro atoms. The largest absolute Gasteiger partial charge is 0.506 e. The van der Waals surface area contributed by atoms with Crippen LogP contribution in [0.5, 0.6) is 0 Å². The van der Waals surface area contributed by atoms with Gasteiger partial charge in [-0.05, 0) is 20.8 Å². The van der Waals surface area contributed by atoms with Crippen LogP contribution in [0.1, 0.15) is 27.2 Å². The van der Waals surface area contributed by atoms with Gasteiger partial charge in [-0.15, -0.1) is 0 Å². The van der Waals surface area contributed by atoms with Crippen molar-refractivity contribution in [2.75, 3.05) is 6.61 Å². The number of fused-ring (bicyclic) bond motifs is 1. The minimum absolute atomic E-state index is 0.0186. The van der Waals surface area contributed by atoms with E-state index < -0.39 is 18.0 Å².